The Hall–Kier alpha value is -3.87. The Bertz CT molecular complexity index is 1260. The van der Waals surface area contributed by atoms with Gasteiger partial charge in [0.1, 0.15) is 0 Å². The van der Waals surface area contributed by atoms with Gasteiger partial charge in [-0.3, -0.25) is 9.59 Å². The quantitative estimate of drug-likeness (QED) is 0.286. The van der Waals surface area contributed by atoms with Gasteiger partial charge in [-0.1, -0.05) is 48.0 Å². The molecule has 3 aromatic rings. The molecule has 0 unspecified atom stereocenters. The lowest BCUT2D eigenvalue weighted by atomic mass is 9.96. The number of carbonyl (C=O) groups excluding carboxylic acids is 2. The SMILES string of the molecule is Cc1ccc(S(=O)(=O)NC(=O)c2ccccc2C(=O)C(=[N+]=[N-])c2ccccc2)cc1. The van der Waals surface area contributed by atoms with Crippen molar-refractivity contribution in [2.24, 2.45) is 0 Å². The number of nitrogens with zero attached hydrogens (tertiary/aromatic N) is 2. The molecule has 0 spiro atoms. The molecule has 0 fully saturated rings. The highest BCUT2D eigenvalue weighted by atomic mass is 32.2. The number of ketones is 1. The second-order valence-corrected chi connectivity index (χ2v) is 8.12. The lowest BCUT2D eigenvalue weighted by Crippen LogP contribution is -2.32. The molecule has 3 rings (SSSR count). The van der Waals surface area contributed by atoms with Crippen LogP contribution in [0.15, 0.2) is 83.8 Å². The van der Waals surface area contributed by atoms with Crippen molar-refractivity contribution in [3.8, 4) is 0 Å². The summed E-state index contributed by atoms with van der Waals surface area (Å²) >= 11 is 0. The summed E-state index contributed by atoms with van der Waals surface area (Å²) in [5, 5.41) is 0. The van der Waals surface area contributed by atoms with E-state index in [-0.39, 0.29) is 21.7 Å². The summed E-state index contributed by atoms with van der Waals surface area (Å²) in [4.78, 5) is 28.7. The maximum Gasteiger partial charge on any atom is 0.369 e. The lowest BCUT2D eigenvalue weighted by Gasteiger charge is -2.09. The Labute approximate surface area is 173 Å². The maximum absolute atomic E-state index is 13.0. The molecule has 0 radical (unpaired) electrons. The average Bonchev–Trinajstić information content (AvgIpc) is 2.75. The molecule has 0 saturated heterocycles. The molecule has 8 heteroatoms. The molecule has 7 nitrogen and oxygen atoms in total. The van der Waals surface area contributed by atoms with Crippen molar-refractivity contribution in [3.05, 3.63) is 107 Å². The molecule has 0 heterocycles. The second-order valence-electron chi connectivity index (χ2n) is 6.44. The molecule has 0 aliphatic rings. The fourth-order valence-electron chi connectivity index (χ4n) is 2.79. The summed E-state index contributed by atoms with van der Waals surface area (Å²) < 4.78 is 27.1. The predicted octanol–water partition coefficient (Wildman–Crippen LogP) is 3.02. The Morgan fingerprint density at radius 3 is 2.00 bits per heavy atom. The van der Waals surface area contributed by atoms with Crippen LogP contribution in [-0.4, -0.2) is 30.6 Å². The second kappa shape index (κ2) is 8.65. The van der Waals surface area contributed by atoms with Gasteiger partial charge in [-0.05, 0) is 43.3 Å². The Kier molecular flexibility index (Phi) is 6.01. The van der Waals surface area contributed by atoms with Crippen molar-refractivity contribution < 1.29 is 22.8 Å². The molecule has 0 atom stereocenters. The van der Waals surface area contributed by atoms with Gasteiger partial charge in [0.05, 0.1) is 16.0 Å². The zero-order valence-electron chi connectivity index (χ0n) is 15.9. The third-order valence-electron chi connectivity index (χ3n) is 4.34. The van der Waals surface area contributed by atoms with Gasteiger partial charge in [0.15, 0.2) is 0 Å². The molecular formula is C22H17N3O4S. The molecule has 1 N–H and O–H groups in total. The summed E-state index contributed by atoms with van der Waals surface area (Å²) in [5.74, 6) is -1.69. The van der Waals surface area contributed by atoms with E-state index >= 15 is 0 Å². The van der Waals surface area contributed by atoms with Crippen LogP contribution in [0.4, 0.5) is 0 Å². The van der Waals surface area contributed by atoms with E-state index in [0.717, 1.165) is 5.56 Å². The minimum Gasteiger partial charge on any atom is -0.361 e. The van der Waals surface area contributed by atoms with Gasteiger partial charge in [-0.15, -0.1) is 0 Å². The van der Waals surface area contributed by atoms with Crippen LogP contribution in [0, 0.1) is 6.92 Å². The average molecular weight is 419 g/mol. The van der Waals surface area contributed by atoms with Crippen molar-refractivity contribution in [1.82, 2.24) is 4.72 Å². The minimum absolute atomic E-state index is 0.0767. The molecule has 0 aliphatic heterocycles. The number of benzene rings is 3. The first-order valence-corrected chi connectivity index (χ1v) is 10.4. The van der Waals surface area contributed by atoms with E-state index in [1.807, 2.05) is 11.6 Å². The zero-order valence-corrected chi connectivity index (χ0v) is 16.8. The molecule has 0 bridgehead atoms. The zero-order chi connectivity index (χ0) is 21.7. The largest absolute Gasteiger partial charge is 0.369 e. The molecule has 0 aromatic heterocycles. The summed E-state index contributed by atoms with van der Waals surface area (Å²) in [6.07, 6.45) is 0. The van der Waals surface area contributed by atoms with Crippen LogP contribution >= 0.6 is 0 Å². The van der Waals surface area contributed by atoms with Crippen molar-refractivity contribution in [3.63, 3.8) is 0 Å². The van der Waals surface area contributed by atoms with E-state index in [1.54, 1.807) is 42.5 Å². The maximum atomic E-state index is 13.0. The number of rotatable bonds is 6. The van der Waals surface area contributed by atoms with E-state index in [0.29, 0.717) is 5.56 Å². The molecular weight excluding hydrogens is 402 g/mol. The summed E-state index contributed by atoms with van der Waals surface area (Å²) in [6.45, 7) is 1.81. The number of sulfonamides is 1. The lowest BCUT2D eigenvalue weighted by molar-refractivity contribution is -0.00498. The van der Waals surface area contributed by atoms with Crippen LogP contribution in [0.3, 0.4) is 0 Å². The van der Waals surface area contributed by atoms with Gasteiger partial charge in [0.2, 0.25) is 0 Å². The van der Waals surface area contributed by atoms with Crippen molar-refractivity contribution in [1.29, 1.82) is 0 Å². The van der Waals surface area contributed by atoms with Crippen molar-refractivity contribution in [2.75, 3.05) is 0 Å². The Morgan fingerprint density at radius 2 is 1.40 bits per heavy atom. The van der Waals surface area contributed by atoms with Crippen LogP contribution < -0.4 is 4.72 Å². The van der Waals surface area contributed by atoms with Crippen LogP contribution in [-0.2, 0) is 10.0 Å². The first-order valence-electron chi connectivity index (χ1n) is 8.88. The number of aryl methyl sites for hydroxylation is 1. The van der Waals surface area contributed by atoms with E-state index in [1.165, 1.54) is 36.4 Å². The topological polar surface area (TPSA) is 117 Å². The van der Waals surface area contributed by atoms with Crippen LogP contribution in [0.1, 0.15) is 31.8 Å². The van der Waals surface area contributed by atoms with Gasteiger partial charge in [-0.25, -0.2) is 13.1 Å². The molecule has 0 aliphatic carbocycles. The van der Waals surface area contributed by atoms with Gasteiger partial charge in [0.25, 0.3) is 21.7 Å². The number of amides is 1. The number of hydrogen-bond acceptors (Lipinski definition) is 4. The monoisotopic (exact) mass is 419 g/mol. The van der Waals surface area contributed by atoms with E-state index in [9.17, 15) is 23.5 Å². The van der Waals surface area contributed by atoms with Crippen LogP contribution in [0.2, 0.25) is 0 Å². The van der Waals surface area contributed by atoms with Crippen LogP contribution in [0.25, 0.3) is 5.53 Å². The van der Waals surface area contributed by atoms with Crippen LogP contribution in [0.5, 0.6) is 0 Å². The van der Waals surface area contributed by atoms with Gasteiger partial charge in [0, 0.05) is 5.56 Å². The minimum atomic E-state index is -4.14. The third kappa shape index (κ3) is 4.41. The highest BCUT2D eigenvalue weighted by Gasteiger charge is 2.29. The highest BCUT2D eigenvalue weighted by Crippen LogP contribution is 2.15. The predicted molar refractivity (Wildman–Crippen MR) is 111 cm³/mol. The molecule has 1 amide bonds. The Morgan fingerprint density at radius 1 is 0.833 bits per heavy atom. The van der Waals surface area contributed by atoms with Crippen molar-refractivity contribution in [2.45, 2.75) is 11.8 Å². The van der Waals surface area contributed by atoms with Gasteiger partial charge >= 0.3 is 5.71 Å². The van der Waals surface area contributed by atoms with E-state index in [2.05, 4.69) is 4.79 Å². The normalized spacial score (nSPS) is 10.7. The van der Waals surface area contributed by atoms with E-state index < -0.39 is 21.7 Å². The first-order chi connectivity index (χ1) is 14.3. The smallest absolute Gasteiger partial charge is 0.361 e. The summed E-state index contributed by atoms with van der Waals surface area (Å²) in [7, 11) is -4.14. The van der Waals surface area contributed by atoms with E-state index in [4.69, 9.17) is 0 Å². The standard InChI is InChI=1S/C22H17N3O4S/c1-15-11-13-17(14-12-15)30(28,29)25-22(27)19-10-6-5-9-18(19)21(26)20(24-23)16-7-3-2-4-8-16/h2-14H,1H3,(H,25,27). The fourth-order valence-corrected chi connectivity index (χ4v) is 3.76. The number of carbonyl (C=O) groups is 2. The number of nitrogens with one attached hydrogen (secondary N) is 1. The van der Waals surface area contributed by atoms with Gasteiger partial charge < -0.3 is 5.53 Å². The highest BCUT2D eigenvalue weighted by molar-refractivity contribution is 7.90. The molecule has 150 valence electrons. The fraction of sp³-hybridized carbons (Fsp3) is 0.0455. The molecule has 0 saturated carbocycles. The molecule has 3 aromatic carbocycles. The number of Topliss-reactive ketones (excluding diaryl/α,β-unsaturated/α-hetero) is 1. The van der Waals surface area contributed by atoms with Gasteiger partial charge in [-0.2, -0.15) is 4.79 Å². The third-order valence-corrected chi connectivity index (χ3v) is 5.68. The molecule has 30 heavy (non-hydrogen) atoms. The van der Waals surface area contributed by atoms with Crippen molar-refractivity contribution >= 4 is 27.4 Å². The summed E-state index contributed by atoms with van der Waals surface area (Å²) in [6, 6.07) is 19.9. The first kappa shape index (κ1) is 20.9. The Balaban J connectivity index is 1.95. The number of hydrogen-bond donors (Lipinski definition) is 1. The summed E-state index contributed by atoms with van der Waals surface area (Å²) in [5.41, 5.74) is 10.1.